The first-order valence-corrected chi connectivity index (χ1v) is 10.7. The highest BCUT2D eigenvalue weighted by atomic mass is 32.1. The van der Waals surface area contributed by atoms with Gasteiger partial charge in [-0.05, 0) is 18.4 Å². The van der Waals surface area contributed by atoms with Crippen LogP contribution in [-0.2, 0) is 20.7 Å². The summed E-state index contributed by atoms with van der Waals surface area (Å²) in [6.45, 7) is 7.58. The lowest BCUT2D eigenvalue weighted by molar-refractivity contribution is -0.122. The Morgan fingerprint density at radius 2 is 1.90 bits per heavy atom. The van der Waals surface area contributed by atoms with Gasteiger partial charge in [0.25, 0.3) is 6.47 Å². The van der Waals surface area contributed by atoms with E-state index < -0.39 is 0 Å². The van der Waals surface area contributed by atoms with E-state index in [9.17, 15) is 0 Å². The normalized spacial score (nSPS) is 11.9. The molecule has 0 aliphatic carbocycles. The smallest absolute Gasteiger partial charge is 0.290 e. The maximum atomic E-state index is 8.36. The van der Waals surface area contributed by atoms with Crippen LogP contribution in [0.4, 0.5) is 0 Å². The Bertz CT molecular complexity index is 654. The number of thiazole rings is 1. The molecule has 2 unspecified atom stereocenters. The standard InChI is InChI=1S/C15H19NO2S.C6H14N2.CH2O2/c1-12(17-2)9-18-15(14-10-19-11-16-14)8-13-6-4-3-5-7-13;1-6(2)4-8(3)5-7;2-1-3/h3-7,10-12,15H,8-9H2,1-2H3;5-7H,4H2,1-3H3;1H,(H,2,3). The third-order valence-corrected chi connectivity index (χ3v) is 4.46. The van der Waals surface area contributed by atoms with Crippen molar-refractivity contribution in [3.63, 3.8) is 0 Å². The second-order valence-corrected chi connectivity index (χ2v) is 7.76. The molecule has 7 nitrogen and oxygen atoms in total. The molecule has 1 aromatic carbocycles. The van der Waals surface area contributed by atoms with E-state index in [0.29, 0.717) is 12.5 Å². The quantitative estimate of drug-likeness (QED) is 0.326. The minimum Gasteiger partial charge on any atom is -0.483 e. The van der Waals surface area contributed by atoms with Crippen LogP contribution in [0.15, 0.2) is 41.2 Å². The molecule has 0 fully saturated rings. The number of carboxylic acid groups (broad SMARTS) is 1. The summed E-state index contributed by atoms with van der Waals surface area (Å²) in [6.07, 6.45) is 2.27. The fourth-order valence-corrected chi connectivity index (χ4v) is 3.00. The van der Waals surface area contributed by atoms with Crippen molar-refractivity contribution in [1.82, 2.24) is 9.88 Å². The summed E-state index contributed by atoms with van der Waals surface area (Å²) in [6, 6.07) is 10.3. The number of ether oxygens (including phenoxy) is 2. The average molecular weight is 438 g/mol. The van der Waals surface area contributed by atoms with Gasteiger partial charge in [-0.25, -0.2) is 4.98 Å². The molecule has 2 rings (SSSR count). The van der Waals surface area contributed by atoms with Gasteiger partial charge in [-0.2, -0.15) is 0 Å². The van der Waals surface area contributed by atoms with Crippen molar-refractivity contribution in [2.75, 3.05) is 27.3 Å². The Balaban J connectivity index is 0.000000641. The summed E-state index contributed by atoms with van der Waals surface area (Å²) < 4.78 is 11.2. The van der Waals surface area contributed by atoms with Crippen LogP contribution in [0.2, 0.25) is 0 Å². The molecular formula is C22H35N3O4S. The predicted octanol–water partition coefficient (Wildman–Crippen LogP) is 4.36. The van der Waals surface area contributed by atoms with Gasteiger partial charge < -0.3 is 19.5 Å². The summed E-state index contributed by atoms with van der Waals surface area (Å²) in [5.41, 5.74) is 4.10. The lowest BCUT2D eigenvalue weighted by Gasteiger charge is -2.18. The zero-order chi connectivity index (χ0) is 22.8. The monoisotopic (exact) mass is 437 g/mol. The summed E-state index contributed by atoms with van der Waals surface area (Å²) in [4.78, 5) is 14.6. The Morgan fingerprint density at radius 1 is 1.27 bits per heavy atom. The summed E-state index contributed by atoms with van der Waals surface area (Å²) in [7, 11) is 3.61. The molecule has 0 saturated heterocycles. The van der Waals surface area contributed by atoms with Gasteiger partial charge in [0.15, 0.2) is 0 Å². The number of aromatic nitrogens is 1. The van der Waals surface area contributed by atoms with Crippen molar-refractivity contribution in [1.29, 1.82) is 5.41 Å². The van der Waals surface area contributed by atoms with Gasteiger partial charge in [0.1, 0.15) is 6.10 Å². The van der Waals surface area contributed by atoms with Crippen molar-refractivity contribution in [3.05, 3.63) is 52.5 Å². The number of benzene rings is 1. The number of hydrogen-bond donors (Lipinski definition) is 2. The second-order valence-electron chi connectivity index (χ2n) is 7.04. The molecule has 2 aromatic rings. The molecule has 1 aromatic heterocycles. The number of nitrogens with one attached hydrogen (secondary N) is 1. The van der Waals surface area contributed by atoms with Gasteiger partial charge >= 0.3 is 0 Å². The molecule has 0 aliphatic rings. The minimum atomic E-state index is -0.250. The zero-order valence-corrected chi connectivity index (χ0v) is 19.3. The molecular weight excluding hydrogens is 402 g/mol. The van der Waals surface area contributed by atoms with Gasteiger partial charge in [0, 0.05) is 32.5 Å². The van der Waals surface area contributed by atoms with E-state index in [0.717, 1.165) is 18.7 Å². The molecule has 2 N–H and O–H groups in total. The van der Waals surface area contributed by atoms with Crippen molar-refractivity contribution >= 4 is 24.1 Å². The molecule has 0 aliphatic heterocycles. The van der Waals surface area contributed by atoms with Gasteiger partial charge in [-0.1, -0.05) is 44.2 Å². The molecule has 30 heavy (non-hydrogen) atoms. The Morgan fingerprint density at radius 3 is 2.33 bits per heavy atom. The average Bonchev–Trinajstić information content (AvgIpc) is 3.27. The second kappa shape index (κ2) is 17.6. The van der Waals surface area contributed by atoms with E-state index in [1.165, 1.54) is 11.9 Å². The van der Waals surface area contributed by atoms with E-state index in [4.69, 9.17) is 24.8 Å². The SMILES string of the molecule is CC(C)CN(C)C=N.COC(C)COC(Cc1ccccc1)c1cscn1.O=CO. The summed E-state index contributed by atoms with van der Waals surface area (Å²) in [5, 5.41) is 15.7. The number of hydrogen-bond acceptors (Lipinski definition) is 6. The maximum absolute atomic E-state index is 8.36. The molecule has 1 heterocycles. The van der Waals surface area contributed by atoms with Crippen LogP contribution in [0.1, 0.15) is 38.1 Å². The zero-order valence-electron chi connectivity index (χ0n) is 18.5. The van der Waals surface area contributed by atoms with E-state index in [-0.39, 0.29) is 18.7 Å². The fourth-order valence-electron chi connectivity index (χ4n) is 2.41. The van der Waals surface area contributed by atoms with Gasteiger partial charge in [0.2, 0.25) is 0 Å². The molecule has 168 valence electrons. The highest BCUT2D eigenvalue weighted by molar-refractivity contribution is 7.07. The van der Waals surface area contributed by atoms with E-state index in [2.05, 4.69) is 31.0 Å². The van der Waals surface area contributed by atoms with E-state index >= 15 is 0 Å². The number of methoxy groups -OCH3 is 1. The first-order chi connectivity index (χ1) is 14.4. The molecule has 2 atom stereocenters. The van der Waals surface area contributed by atoms with Crippen molar-refractivity contribution < 1.29 is 19.4 Å². The van der Waals surface area contributed by atoms with Crippen LogP contribution in [0, 0.1) is 11.3 Å². The largest absolute Gasteiger partial charge is 0.483 e. The van der Waals surface area contributed by atoms with Crippen molar-refractivity contribution in [3.8, 4) is 0 Å². The number of carbonyl (C=O) groups is 1. The van der Waals surface area contributed by atoms with Gasteiger partial charge in [-0.15, -0.1) is 11.3 Å². The van der Waals surface area contributed by atoms with Crippen molar-refractivity contribution in [2.45, 2.75) is 39.4 Å². The highest BCUT2D eigenvalue weighted by Gasteiger charge is 2.16. The topological polar surface area (TPSA) is 95.7 Å². The molecule has 0 spiro atoms. The van der Waals surface area contributed by atoms with Crippen LogP contribution in [-0.4, -0.2) is 61.2 Å². The Kier molecular flexibility index (Phi) is 16.2. The summed E-state index contributed by atoms with van der Waals surface area (Å²) in [5.74, 6) is 0.654. The molecule has 0 amide bonds. The predicted molar refractivity (Wildman–Crippen MR) is 122 cm³/mol. The first-order valence-electron chi connectivity index (χ1n) is 9.72. The number of nitrogens with zero attached hydrogens (tertiary/aromatic N) is 2. The molecule has 0 bridgehead atoms. The lowest BCUT2D eigenvalue weighted by atomic mass is 10.1. The Hall–Kier alpha value is -2.29. The molecule has 0 radical (unpaired) electrons. The first kappa shape index (κ1) is 27.7. The third kappa shape index (κ3) is 13.8. The van der Waals surface area contributed by atoms with Crippen molar-refractivity contribution in [2.24, 2.45) is 5.92 Å². The highest BCUT2D eigenvalue weighted by Crippen LogP contribution is 2.22. The third-order valence-electron chi connectivity index (χ3n) is 3.85. The molecule has 8 heteroatoms. The fraction of sp³-hybridized carbons (Fsp3) is 0.500. The minimum absolute atomic E-state index is 0.00810. The van der Waals surface area contributed by atoms with Crippen LogP contribution in [0.5, 0.6) is 0 Å². The van der Waals surface area contributed by atoms with Gasteiger partial charge in [-0.3, -0.25) is 10.2 Å². The maximum Gasteiger partial charge on any atom is 0.290 e. The van der Waals surface area contributed by atoms with E-state index in [1.54, 1.807) is 18.4 Å². The Labute approximate surface area is 184 Å². The molecule has 0 saturated carbocycles. The van der Waals surface area contributed by atoms with Crippen LogP contribution < -0.4 is 0 Å². The van der Waals surface area contributed by atoms with Crippen LogP contribution >= 0.6 is 11.3 Å². The summed E-state index contributed by atoms with van der Waals surface area (Å²) >= 11 is 1.60. The lowest BCUT2D eigenvalue weighted by Crippen LogP contribution is -2.20. The number of rotatable bonds is 10. The van der Waals surface area contributed by atoms with Gasteiger partial charge in [0.05, 0.1) is 30.3 Å². The van der Waals surface area contributed by atoms with Crippen LogP contribution in [0.3, 0.4) is 0 Å². The van der Waals surface area contributed by atoms with Crippen LogP contribution in [0.25, 0.3) is 0 Å². The van der Waals surface area contributed by atoms with E-state index in [1.807, 2.05) is 48.0 Å².